The molecule has 0 aliphatic heterocycles. The van der Waals surface area contributed by atoms with Crippen LogP contribution in [-0.2, 0) is 4.79 Å². The van der Waals surface area contributed by atoms with Crippen LogP contribution in [0.5, 0.6) is 0 Å². The molecular formula is C17H17BrN2O2S. The smallest absolute Gasteiger partial charge is 0.270 e. The van der Waals surface area contributed by atoms with E-state index >= 15 is 0 Å². The summed E-state index contributed by atoms with van der Waals surface area (Å²) in [6.45, 7) is 4.05. The van der Waals surface area contributed by atoms with Crippen LogP contribution in [0.25, 0.3) is 0 Å². The maximum atomic E-state index is 12.0. The third-order valence-electron chi connectivity index (χ3n) is 3.12. The van der Waals surface area contributed by atoms with Crippen molar-refractivity contribution in [1.82, 2.24) is 10.9 Å². The van der Waals surface area contributed by atoms with Crippen LogP contribution in [0.15, 0.2) is 51.8 Å². The molecule has 6 heteroatoms. The molecule has 0 heterocycles. The predicted molar refractivity (Wildman–Crippen MR) is 96.4 cm³/mol. The molecule has 2 aromatic rings. The third-order valence-corrected chi connectivity index (χ3v) is 4.99. The molecule has 0 atom stereocenters. The number of benzene rings is 2. The zero-order valence-electron chi connectivity index (χ0n) is 12.9. The Hall–Kier alpha value is -1.79. The molecule has 4 nitrogen and oxygen atoms in total. The molecule has 2 rings (SSSR count). The lowest BCUT2D eigenvalue weighted by molar-refractivity contribution is -0.119. The van der Waals surface area contributed by atoms with Crippen molar-refractivity contribution in [2.45, 2.75) is 18.7 Å². The van der Waals surface area contributed by atoms with Crippen LogP contribution in [-0.4, -0.2) is 17.6 Å². The SMILES string of the molecule is Cc1ccc(SCC(=O)NNC(=O)c2ccccc2Br)c(C)c1. The first-order chi connectivity index (χ1) is 11.0. The topological polar surface area (TPSA) is 58.2 Å². The number of thioether (sulfide) groups is 1. The first-order valence-corrected chi connectivity index (χ1v) is 8.79. The lowest BCUT2D eigenvalue weighted by Gasteiger charge is -2.09. The van der Waals surface area contributed by atoms with Crippen molar-refractivity contribution < 1.29 is 9.59 Å². The van der Waals surface area contributed by atoms with E-state index in [1.165, 1.54) is 17.3 Å². The fourth-order valence-corrected chi connectivity index (χ4v) is 3.25. The van der Waals surface area contributed by atoms with E-state index in [1.54, 1.807) is 18.2 Å². The van der Waals surface area contributed by atoms with E-state index in [-0.39, 0.29) is 17.6 Å². The maximum Gasteiger partial charge on any atom is 0.270 e. The van der Waals surface area contributed by atoms with E-state index in [2.05, 4.69) is 32.8 Å². The lowest BCUT2D eigenvalue weighted by Crippen LogP contribution is -2.42. The predicted octanol–water partition coefficient (Wildman–Crippen LogP) is 3.62. The Balaban J connectivity index is 1.83. The van der Waals surface area contributed by atoms with Gasteiger partial charge in [-0.2, -0.15) is 0 Å². The maximum absolute atomic E-state index is 12.0. The second kappa shape index (κ2) is 8.17. The van der Waals surface area contributed by atoms with Gasteiger partial charge in [-0.15, -0.1) is 11.8 Å². The summed E-state index contributed by atoms with van der Waals surface area (Å²) in [5.74, 6) is -0.377. The van der Waals surface area contributed by atoms with E-state index in [0.29, 0.717) is 10.0 Å². The van der Waals surface area contributed by atoms with Gasteiger partial charge in [0.1, 0.15) is 0 Å². The standard InChI is InChI=1S/C17H17BrN2O2S/c1-11-7-8-15(12(2)9-11)23-10-16(21)19-20-17(22)13-5-3-4-6-14(13)18/h3-9H,10H2,1-2H3,(H,19,21)(H,20,22). The van der Waals surface area contributed by atoms with Crippen LogP contribution in [0, 0.1) is 13.8 Å². The molecule has 2 amide bonds. The molecule has 0 aromatic heterocycles. The first kappa shape index (κ1) is 17.6. The molecule has 0 saturated carbocycles. The Morgan fingerprint density at radius 2 is 1.83 bits per heavy atom. The fraction of sp³-hybridized carbons (Fsp3) is 0.176. The highest BCUT2D eigenvalue weighted by Crippen LogP contribution is 2.22. The van der Waals surface area contributed by atoms with Gasteiger partial charge in [0.15, 0.2) is 0 Å². The van der Waals surface area contributed by atoms with Gasteiger partial charge in [-0.3, -0.25) is 20.4 Å². The Kier molecular flexibility index (Phi) is 6.24. The summed E-state index contributed by atoms with van der Waals surface area (Å²) < 4.78 is 0.677. The number of rotatable bonds is 4. The van der Waals surface area contributed by atoms with Crippen LogP contribution < -0.4 is 10.9 Å². The Bertz CT molecular complexity index is 734. The van der Waals surface area contributed by atoms with Gasteiger partial charge in [-0.05, 0) is 53.5 Å². The van der Waals surface area contributed by atoms with E-state index in [9.17, 15) is 9.59 Å². The Morgan fingerprint density at radius 3 is 2.52 bits per heavy atom. The van der Waals surface area contributed by atoms with E-state index in [1.807, 2.05) is 32.0 Å². The van der Waals surface area contributed by atoms with Gasteiger partial charge in [0, 0.05) is 9.37 Å². The lowest BCUT2D eigenvalue weighted by atomic mass is 10.2. The number of halogens is 1. The number of hydrazine groups is 1. The minimum absolute atomic E-state index is 0.236. The summed E-state index contributed by atoms with van der Waals surface area (Å²) in [5.41, 5.74) is 7.64. The van der Waals surface area contributed by atoms with Gasteiger partial charge in [-0.1, -0.05) is 29.8 Å². The van der Waals surface area contributed by atoms with Crippen molar-refractivity contribution in [2.75, 3.05) is 5.75 Å². The number of aryl methyl sites for hydroxylation is 2. The summed E-state index contributed by atoms with van der Waals surface area (Å²) in [7, 11) is 0. The van der Waals surface area contributed by atoms with Gasteiger partial charge in [0.25, 0.3) is 5.91 Å². The highest BCUT2D eigenvalue weighted by molar-refractivity contribution is 9.10. The van der Waals surface area contributed by atoms with Gasteiger partial charge in [0.05, 0.1) is 11.3 Å². The summed E-state index contributed by atoms with van der Waals surface area (Å²) in [6, 6.07) is 13.1. The molecule has 0 aliphatic rings. The number of carbonyl (C=O) groups excluding carboxylic acids is 2. The molecule has 0 unspecified atom stereocenters. The van der Waals surface area contributed by atoms with Gasteiger partial charge in [0.2, 0.25) is 5.91 Å². The zero-order valence-corrected chi connectivity index (χ0v) is 15.3. The summed E-state index contributed by atoms with van der Waals surface area (Å²) in [5, 5.41) is 0. The Morgan fingerprint density at radius 1 is 1.09 bits per heavy atom. The molecule has 0 fully saturated rings. The molecule has 0 spiro atoms. The molecule has 0 bridgehead atoms. The van der Waals surface area contributed by atoms with Crippen molar-refractivity contribution >= 4 is 39.5 Å². The van der Waals surface area contributed by atoms with Gasteiger partial charge in [-0.25, -0.2) is 0 Å². The monoisotopic (exact) mass is 392 g/mol. The highest BCUT2D eigenvalue weighted by Gasteiger charge is 2.10. The molecule has 0 aliphatic carbocycles. The van der Waals surface area contributed by atoms with Crippen LogP contribution >= 0.6 is 27.7 Å². The molecule has 0 radical (unpaired) electrons. The minimum Gasteiger partial charge on any atom is -0.272 e. The zero-order chi connectivity index (χ0) is 16.8. The van der Waals surface area contributed by atoms with E-state index in [0.717, 1.165) is 10.5 Å². The number of hydrogen-bond donors (Lipinski definition) is 2. The first-order valence-electron chi connectivity index (χ1n) is 7.01. The summed E-state index contributed by atoms with van der Waals surface area (Å²) in [4.78, 5) is 24.9. The van der Waals surface area contributed by atoms with Crippen LogP contribution in [0.1, 0.15) is 21.5 Å². The number of amides is 2. The van der Waals surface area contributed by atoms with Crippen LogP contribution in [0.3, 0.4) is 0 Å². The third kappa shape index (κ3) is 5.11. The van der Waals surface area contributed by atoms with E-state index < -0.39 is 0 Å². The number of carbonyl (C=O) groups is 2. The van der Waals surface area contributed by atoms with Crippen molar-refractivity contribution in [2.24, 2.45) is 0 Å². The molecule has 0 saturated heterocycles. The van der Waals surface area contributed by atoms with Gasteiger partial charge >= 0.3 is 0 Å². The highest BCUT2D eigenvalue weighted by atomic mass is 79.9. The van der Waals surface area contributed by atoms with Crippen molar-refractivity contribution in [3.63, 3.8) is 0 Å². The van der Waals surface area contributed by atoms with Crippen LogP contribution in [0.4, 0.5) is 0 Å². The molecular weight excluding hydrogens is 376 g/mol. The van der Waals surface area contributed by atoms with Crippen LogP contribution in [0.2, 0.25) is 0 Å². The average Bonchev–Trinajstić information content (AvgIpc) is 2.52. The van der Waals surface area contributed by atoms with Crippen molar-refractivity contribution in [3.05, 3.63) is 63.6 Å². The largest absolute Gasteiger partial charge is 0.272 e. The average molecular weight is 393 g/mol. The molecule has 120 valence electrons. The van der Waals surface area contributed by atoms with Gasteiger partial charge < -0.3 is 0 Å². The van der Waals surface area contributed by atoms with E-state index in [4.69, 9.17) is 0 Å². The normalized spacial score (nSPS) is 10.2. The Labute approximate surface area is 148 Å². The van der Waals surface area contributed by atoms with Crippen molar-refractivity contribution in [3.8, 4) is 0 Å². The second-order valence-electron chi connectivity index (χ2n) is 5.04. The summed E-state index contributed by atoms with van der Waals surface area (Å²) in [6.07, 6.45) is 0. The summed E-state index contributed by atoms with van der Waals surface area (Å²) >= 11 is 4.74. The number of nitrogens with one attached hydrogen (secondary N) is 2. The number of hydrogen-bond acceptors (Lipinski definition) is 3. The fourth-order valence-electron chi connectivity index (χ4n) is 1.98. The van der Waals surface area contributed by atoms with Crippen molar-refractivity contribution in [1.29, 1.82) is 0 Å². The molecule has 2 aromatic carbocycles. The molecule has 2 N–H and O–H groups in total. The second-order valence-corrected chi connectivity index (χ2v) is 6.91. The quantitative estimate of drug-likeness (QED) is 0.616. The molecule has 23 heavy (non-hydrogen) atoms. The minimum atomic E-state index is -0.359.